The monoisotopic (exact) mass is 407 g/mol. The van der Waals surface area contributed by atoms with Gasteiger partial charge in [-0.2, -0.15) is 13.2 Å². The number of halogens is 4. The zero-order chi connectivity index (χ0) is 19.2. The molecule has 2 rings (SSSR count). The Labute approximate surface area is 157 Å². The van der Waals surface area contributed by atoms with Crippen molar-refractivity contribution in [3.05, 3.63) is 38.9 Å². The SMILES string of the molecule is Cc1csc(CCCCNC(=O)c2cnc(OCC(F)(F)F)c(Cl)c2)n1. The van der Waals surface area contributed by atoms with Gasteiger partial charge in [-0.15, -0.1) is 11.3 Å². The van der Waals surface area contributed by atoms with Gasteiger partial charge >= 0.3 is 6.18 Å². The Morgan fingerprint density at radius 2 is 2.15 bits per heavy atom. The number of rotatable bonds is 8. The van der Waals surface area contributed by atoms with Gasteiger partial charge in [-0.25, -0.2) is 9.97 Å². The van der Waals surface area contributed by atoms with E-state index >= 15 is 0 Å². The van der Waals surface area contributed by atoms with Gasteiger partial charge in [0, 0.05) is 23.8 Å². The predicted octanol–water partition coefficient (Wildman–Crippen LogP) is 4.19. The van der Waals surface area contributed by atoms with E-state index in [2.05, 4.69) is 20.0 Å². The molecule has 0 radical (unpaired) electrons. The number of amides is 1. The van der Waals surface area contributed by atoms with Crippen molar-refractivity contribution in [3.63, 3.8) is 0 Å². The molecule has 0 saturated carbocycles. The molecule has 2 aromatic heterocycles. The van der Waals surface area contributed by atoms with Crippen molar-refractivity contribution in [1.82, 2.24) is 15.3 Å². The molecule has 0 aromatic carbocycles. The molecule has 1 N–H and O–H groups in total. The summed E-state index contributed by atoms with van der Waals surface area (Å²) in [5.74, 6) is -0.758. The number of ether oxygens (including phenoxy) is 1. The van der Waals surface area contributed by atoms with Crippen LogP contribution in [0.5, 0.6) is 5.88 Å². The lowest BCUT2D eigenvalue weighted by molar-refractivity contribution is -0.154. The summed E-state index contributed by atoms with van der Waals surface area (Å²) in [6.07, 6.45) is -0.842. The average molecular weight is 408 g/mol. The molecule has 142 valence electrons. The van der Waals surface area contributed by atoms with Crippen LogP contribution in [0.1, 0.15) is 33.9 Å². The van der Waals surface area contributed by atoms with E-state index in [1.165, 1.54) is 6.07 Å². The number of thiazole rings is 1. The molecule has 0 aliphatic carbocycles. The first-order valence-corrected chi connectivity index (χ1v) is 9.04. The summed E-state index contributed by atoms with van der Waals surface area (Å²) in [6, 6.07) is 1.23. The Bertz CT molecular complexity index is 753. The van der Waals surface area contributed by atoms with Crippen LogP contribution in [-0.2, 0) is 6.42 Å². The highest BCUT2D eigenvalue weighted by Gasteiger charge is 2.29. The van der Waals surface area contributed by atoms with Crippen molar-refractivity contribution < 1.29 is 22.7 Å². The Morgan fingerprint density at radius 3 is 2.77 bits per heavy atom. The molecule has 5 nitrogen and oxygen atoms in total. The zero-order valence-electron chi connectivity index (χ0n) is 13.9. The molecule has 10 heteroatoms. The van der Waals surface area contributed by atoms with E-state index in [4.69, 9.17) is 11.6 Å². The molecule has 0 atom stereocenters. The van der Waals surface area contributed by atoms with Crippen LogP contribution in [0.15, 0.2) is 17.6 Å². The van der Waals surface area contributed by atoms with Crippen molar-refractivity contribution in [2.75, 3.05) is 13.2 Å². The number of nitrogens with zero attached hydrogens (tertiary/aromatic N) is 2. The van der Waals surface area contributed by atoms with Crippen LogP contribution in [0, 0.1) is 6.92 Å². The van der Waals surface area contributed by atoms with E-state index in [1.54, 1.807) is 11.3 Å². The Balaban J connectivity index is 1.75. The van der Waals surface area contributed by atoms with Gasteiger partial charge in [0.1, 0.15) is 5.02 Å². The fraction of sp³-hybridized carbons (Fsp3) is 0.438. The molecule has 1 amide bonds. The maximum atomic E-state index is 12.1. The number of aryl methyl sites for hydroxylation is 2. The van der Waals surface area contributed by atoms with Crippen LogP contribution in [0.3, 0.4) is 0 Å². The fourth-order valence-corrected chi connectivity index (χ4v) is 3.07. The predicted molar refractivity (Wildman–Crippen MR) is 92.9 cm³/mol. The van der Waals surface area contributed by atoms with Crippen LogP contribution < -0.4 is 10.1 Å². The van der Waals surface area contributed by atoms with E-state index in [0.29, 0.717) is 6.54 Å². The number of carbonyl (C=O) groups excluding carboxylic acids is 1. The Hall–Kier alpha value is -1.87. The topological polar surface area (TPSA) is 64.1 Å². The summed E-state index contributed by atoms with van der Waals surface area (Å²) >= 11 is 7.43. The number of carbonyl (C=O) groups is 1. The van der Waals surface area contributed by atoms with Crippen molar-refractivity contribution in [2.45, 2.75) is 32.4 Å². The minimum absolute atomic E-state index is 0.152. The fourth-order valence-electron chi connectivity index (χ4n) is 2.03. The molecule has 0 fully saturated rings. The van der Waals surface area contributed by atoms with Crippen molar-refractivity contribution in [3.8, 4) is 5.88 Å². The highest BCUT2D eigenvalue weighted by molar-refractivity contribution is 7.09. The first-order valence-electron chi connectivity index (χ1n) is 7.79. The van der Waals surface area contributed by atoms with Gasteiger partial charge in [0.05, 0.1) is 10.6 Å². The third-order valence-electron chi connectivity index (χ3n) is 3.21. The molecule has 26 heavy (non-hydrogen) atoms. The number of hydrogen-bond donors (Lipinski definition) is 1. The van der Waals surface area contributed by atoms with E-state index < -0.39 is 18.7 Å². The molecule has 0 aliphatic heterocycles. The molecule has 0 saturated heterocycles. The lowest BCUT2D eigenvalue weighted by Crippen LogP contribution is -2.25. The normalized spacial score (nSPS) is 11.4. The van der Waals surface area contributed by atoms with E-state index in [0.717, 1.165) is 36.2 Å². The maximum absolute atomic E-state index is 12.1. The third kappa shape index (κ3) is 6.80. The summed E-state index contributed by atoms with van der Waals surface area (Å²) < 4.78 is 40.9. The summed E-state index contributed by atoms with van der Waals surface area (Å²) in [4.78, 5) is 20.1. The largest absolute Gasteiger partial charge is 0.467 e. The van der Waals surface area contributed by atoms with E-state index in [1.807, 2.05) is 12.3 Å². The molecule has 0 unspecified atom stereocenters. The molecular weight excluding hydrogens is 391 g/mol. The summed E-state index contributed by atoms with van der Waals surface area (Å²) in [5, 5.41) is 5.63. The second-order valence-corrected chi connectivity index (χ2v) is 6.86. The lowest BCUT2D eigenvalue weighted by Gasteiger charge is -2.10. The van der Waals surface area contributed by atoms with Gasteiger partial charge in [0.2, 0.25) is 5.88 Å². The van der Waals surface area contributed by atoms with E-state index in [-0.39, 0.29) is 16.5 Å². The number of nitrogens with one attached hydrogen (secondary N) is 1. The number of hydrogen-bond acceptors (Lipinski definition) is 5. The number of unbranched alkanes of at least 4 members (excludes halogenated alkanes) is 1. The zero-order valence-corrected chi connectivity index (χ0v) is 15.5. The minimum Gasteiger partial charge on any atom is -0.467 e. The maximum Gasteiger partial charge on any atom is 0.422 e. The molecule has 0 bridgehead atoms. The van der Waals surface area contributed by atoms with Gasteiger partial charge in [0.15, 0.2) is 6.61 Å². The lowest BCUT2D eigenvalue weighted by atomic mass is 10.2. The Morgan fingerprint density at radius 1 is 1.38 bits per heavy atom. The highest BCUT2D eigenvalue weighted by atomic mass is 35.5. The molecule has 2 aromatic rings. The van der Waals surface area contributed by atoms with Gasteiger partial charge in [0.25, 0.3) is 5.91 Å². The van der Waals surface area contributed by atoms with Gasteiger partial charge in [-0.05, 0) is 32.3 Å². The van der Waals surface area contributed by atoms with Crippen LogP contribution in [0.4, 0.5) is 13.2 Å². The minimum atomic E-state index is -4.49. The van der Waals surface area contributed by atoms with Gasteiger partial charge < -0.3 is 10.1 Å². The third-order valence-corrected chi connectivity index (χ3v) is 4.51. The average Bonchev–Trinajstić information content (AvgIpc) is 2.97. The smallest absolute Gasteiger partial charge is 0.422 e. The quantitative estimate of drug-likeness (QED) is 0.666. The van der Waals surface area contributed by atoms with Crippen LogP contribution >= 0.6 is 22.9 Å². The standard InChI is InChI=1S/C16H17ClF3N3O2S/c1-10-8-26-13(23-10)4-2-3-5-21-14(24)11-6-12(17)15(22-7-11)25-9-16(18,19)20/h6-8H,2-5,9H2,1H3,(H,21,24). The van der Waals surface area contributed by atoms with Gasteiger partial charge in [-0.3, -0.25) is 4.79 Å². The first kappa shape index (κ1) is 20.4. The molecule has 0 aliphatic rings. The van der Waals surface area contributed by atoms with Crippen LogP contribution in [-0.4, -0.2) is 35.2 Å². The first-order chi connectivity index (χ1) is 12.2. The van der Waals surface area contributed by atoms with Crippen molar-refractivity contribution in [1.29, 1.82) is 0 Å². The molecular formula is C16H17ClF3N3O2S. The highest BCUT2D eigenvalue weighted by Crippen LogP contribution is 2.25. The number of alkyl halides is 3. The second kappa shape index (κ2) is 9.18. The van der Waals surface area contributed by atoms with Gasteiger partial charge in [-0.1, -0.05) is 11.6 Å². The van der Waals surface area contributed by atoms with Crippen LogP contribution in [0.25, 0.3) is 0 Å². The van der Waals surface area contributed by atoms with Crippen molar-refractivity contribution in [2.24, 2.45) is 0 Å². The summed E-state index contributed by atoms with van der Waals surface area (Å²) in [7, 11) is 0. The molecule has 2 heterocycles. The second-order valence-electron chi connectivity index (χ2n) is 5.51. The Kier molecular flexibility index (Phi) is 7.22. The summed E-state index contributed by atoms with van der Waals surface area (Å²) in [5.41, 5.74) is 1.16. The van der Waals surface area contributed by atoms with Crippen molar-refractivity contribution >= 4 is 28.8 Å². The van der Waals surface area contributed by atoms with Crippen LogP contribution in [0.2, 0.25) is 5.02 Å². The number of pyridine rings is 1. The number of aromatic nitrogens is 2. The van der Waals surface area contributed by atoms with E-state index in [9.17, 15) is 18.0 Å². The summed E-state index contributed by atoms with van der Waals surface area (Å²) in [6.45, 7) is 0.913. The molecule has 0 spiro atoms.